The summed E-state index contributed by atoms with van der Waals surface area (Å²) in [6, 6.07) is 12.5. The van der Waals surface area contributed by atoms with Crippen LogP contribution in [-0.2, 0) is 11.8 Å². The van der Waals surface area contributed by atoms with E-state index in [1.807, 2.05) is 64.3 Å². The number of nitrogens with zero attached hydrogens (tertiary/aromatic N) is 5. The van der Waals surface area contributed by atoms with E-state index in [1.54, 1.807) is 28.7 Å². The minimum absolute atomic E-state index is 0.0657. The Kier molecular flexibility index (Phi) is 8.18. The number of urea groups is 1. The first kappa shape index (κ1) is 28.4. The van der Waals surface area contributed by atoms with Gasteiger partial charge < -0.3 is 10.1 Å². The molecule has 0 bridgehead atoms. The van der Waals surface area contributed by atoms with Crippen molar-refractivity contribution in [2.24, 2.45) is 7.05 Å². The van der Waals surface area contributed by atoms with Gasteiger partial charge in [0.25, 0.3) is 0 Å². The molecule has 4 aromatic rings. The highest BCUT2D eigenvalue weighted by Crippen LogP contribution is 2.38. The Morgan fingerprint density at radius 2 is 1.83 bits per heavy atom. The van der Waals surface area contributed by atoms with Gasteiger partial charge in [-0.1, -0.05) is 24.3 Å². The molecule has 1 aliphatic rings. The topological polar surface area (TPSA) is 89.2 Å². The molecular formula is C30H35F2N7O2. The molecule has 1 aliphatic heterocycles. The van der Waals surface area contributed by atoms with E-state index < -0.39 is 23.7 Å². The average Bonchev–Trinajstić information content (AvgIpc) is 3.59. The number of amides is 2. The Hall–Kier alpha value is -4.09. The predicted molar refractivity (Wildman–Crippen MR) is 153 cm³/mol. The van der Waals surface area contributed by atoms with Crippen LogP contribution >= 0.6 is 0 Å². The number of aryl methyl sites for hydroxylation is 1. The summed E-state index contributed by atoms with van der Waals surface area (Å²) in [5.74, 6) is -1.58. The summed E-state index contributed by atoms with van der Waals surface area (Å²) in [7, 11) is 3.47. The Balaban J connectivity index is 1.47. The fourth-order valence-corrected chi connectivity index (χ4v) is 5.91. The number of carbonyl (C=O) groups is 1. The second-order valence-corrected chi connectivity index (χ2v) is 10.5. The molecule has 41 heavy (non-hydrogen) atoms. The Bertz CT molecular complexity index is 1520. The van der Waals surface area contributed by atoms with Crippen molar-refractivity contribution in [3.63, 3.8) is 0 Å². The van der Waals surface area contributed by atoms with Gasteiger partial charge in [0.2, 0.25) is 0 Å². The molecule has 1 fully saturated rings. The number of aromatic nitrogens is 4. The molecule has 0 spiro atoms. The summed E-state index contributed by atoms with van der Waals surface area (Å²) >= 11 is 0. The van der Waals surface area contributed by atoms with E-state index in [0.29, 0.717) is 30.2 Å². The molecule has 0 saturated carbocycles. The third-order valence-corrected chi connectivity index (χ3v) is 7.99. The van der Waals surface area contributed by atoms with Gasteiger partial charge in [-0.3, -0.25) is 14.9 Å². The van der Waals surface area contributed by atoms with Crippen LogP contribution in [0.3, 0.4) is 0 Å². The molecule has 9 nitrogen and oxygen atoms in total. The largest absolute Gasteiger partial charge is 0.383 e. The fraction of sp³-hybridized carbons (Fsp3) is 0.367. The fourth-order valence-electron chi connectivity index (χ4n) is 5.91. The summed E-state index contributed by atoms with van der Waals surface area (Å²) in [6.07, 6.45) is 3.61. The number of likely N-dealkylation sites (tertiary alicyclic amines) is 1. The molecule has 3 heterocycles. The van der Waals surface area contributed by atoms with Gasteiger partial charge in [0.15, 0.2) is 11.6 Å². The zero-order valence-corrected chi connectivity index (χ0v) is 23.8. The molecule has 0 radical (unpaired) electrons. The van der Waals surface area contributed by atoms with Crippen LogP contribution in [0.15, 0.2) is 60.9 Å². The van der Waals surface area contributed by atoms with Crippen LogP contribution in [0.4, 0.5) is 19.4 Å². The SMILES string of the molecule is COCCN1[C@H](C)[C@@H](NC(=O)Nc2c(C)c(-c3cnn(C)c3)nn2-c2ccccc2)[C@H](c2ccc(F)c(F)c2)[C@@H]1C. The lowest BCUT2D eigenvalue weighted by Gasteiger charge is -2.27. The first-order valence-electron chi connectivity index (χ1n) is 13.6. The van der Waals surface area contributed by atoms with Crippen molar-refractivity contribution in [2.75, 3.05) is 25.6 Å². The molecule has 5 rings (SSSR count). The van der Waals surface area contributed by atoms with Crippen molar-refractivity contribution in [3.05, 3.63) is 83.7 Å². The number of benzene rings is 2. The summed E-state index contributed by atoms with van der Waals surface area (Å²) < 4.78 is 36.8. The van der Waals surface area contributed by atoms with E-state index in [2.05, 4.69) is 20.6 Å². The lowest BCUT2D eigenvalue weighted by atomic mass is 9.87. The van der Waals surface area contributed by atoms with Crippen molar-refractivity contribution in [1.82, 2.24) is 29.8 Å². The predicted octanol–water partition coefficient (Wildman–Crippen LogP) is 4.87. The van der Waals surface area contributed by atoms with Crippen LogP contribution in [0.1, 0.15) is 30.9 Å². The van der Waals surface area contributed by atoms with Gasteiger partial charge >= 0.3 is 6.03 Å². The quantitative estimate of drug-likeness (QED) is 0.319. The maximum absolute atomic E-state index is 14.3. The minimum Gasteiger partial charge on any atom is -0.383 e. The van der Waals surface area contributed by atoms with Crippen molar-refractivity contribution in [1.29, 1.82) is 0 Å². The third kappa shape index (κ3) is 5.59. The van der Waals surface area contributed by atoms with E-state index in [4.69, 9.17) is 9.84 Å². The molecule has 2 amide bonds. The number of halogens is 2. The number of rotatable bonds is 8. The van der Waals surface area contributed by atoms with Gasteiger partial charge in [-0.2, -0.15) is 10.2 Å². The van der Waals surface area contributed by atoms with E-state index in [9.17, 15) is 13.6 Å². The smallest absolute Gasteiger partial charge is 0.320 e. The number of anilines is 1. The Labute approximate surface area is 238 Å². The number of nitrogens with one attached hydrogen (secondary N) is 2. The first-order valence-corrected chi connectivity index (χ1v) is 13.6. The van der Waals surface area contributed by atoms with Crippen molar-refractivity contribution in [3.8, 4) is 16.9 Å². The summed E-state index contributed by atoms with van der Waals surface area (Å²) in [6.45, 7) is 7.10. The van der Waals surface area contributed by atoms with Crippen molar-refractivity contribution < 1.29 is 18.3 Å². The zero-order valence-electron chi connectivity index (χ0n) is 23.8. The monoisotopic (exact) mass is 563 g/mol. The van der Waals surface area contributed by atoms with Crippen LogP contribution in [0.25, 0.3) is 16.9 Å². The number of methoxy groups -OCH3 is 1. The van der Waals surface area contributed by atoms with E-state index in [1.165, 1.54) is 6.07 Å². The summed E-state index contributed by atoms with van der Waals surface area (Å²) in [5, 5.41) is 15.3. The lowest BCUT2D eigenvalue weighted by Crippen LogP contribution is -2.47. The first-order chi connectivity index (χ1) is 19.7. The zero-order chi connectivity index (χ0) is 29.3. The van der Waals surface area contributed by atoms with Crippen molar-refractivity contribution >= 4 is 11.8 Å². The van der Waals surface area contributed by atoms with Gasteiger partial charge in [-0.05, 0) is 50.6 Å². The lowest BCUT2D eigenvalue weighted by molar-refractivity contribution is 0.121. The van der Waals surface area contributed by atoms with E-state index >= 15 is 0 Å². The maximum atomic E-state index is 14.3. The number of hydrogen-bond acceptors (Lipinski definition) is 5. The van der Waals surface area contributed by atoms with E-state index in [-0.39, 0.29) is 18.0 Å². The minimum atomic E-state index is -0.911. The number of hydrogen-bond donors (Lipinski definition) is 2. The van der Waals surface area contributed by atoms with Gasteiger partial charge in [-0.25, -0.2) is 18.3 Å². The van der Waals surface area contributed by atoms with Crippen LogP contribution in [0, 0.1) is 18.6 Å². The normalized spacial score (nSPS) is 20.9. The highest BCUT2D eigenvalue weighted by atomic mass is 19.2. The second kappa shape index (κ2) is 11.8. The molecule has 4 atom stereocenters. The van der Waals surface area contributed by atoms with Gasteiger partial charge in [-0.15, -0.1) is 0 Å². The number of ether oxygens (including phenoxy) is 1. The van der Waals surface area contributed by atoms with Gasteiger partial charge in [0, 0.05) is 56.0 Å². The standard InChI is InChI=1S/C30H35F2N7O2/c1-18-27(22-16-33-37(4)17-22)36-39(23-9-7-6-8-10-23)29(18)35-30(40)34-28-20(3)38(13-14-41-5)19(2)26(28)21-11-12-24(31)25(32)15-21/h6-12,15-17,19-20,26,28H,13-14H2,1-5H3,(H2,34,35,40)/t19-,20+,26-,28+/m0/s1. The van der Waals surface area contributed by atoms with Crippen LogP contribution in [0.2, 0.25) is 0 Å². The second-order valence-electron chi connectivity index (χ2n) is 10.5. The molecule has 2 aromatic heterocycles. The van der Waals surface area contributed by atoms with Gasteiger partial charge in [0.05, 0.1) is 24.5 Å². The molecule has 216 valence electrons. The maximum Gasteiger partial charge on any atom is 0.320 e. The van der Waals surface area contributed by atoms with Crippen molar-refractivity contribution in [2.45, 2.75) is 44.8 Å². The Morgan fingerprint density at radius 1 is 1.07 bits per heavy atom. The molecular weight excluding hydrogens is 528 g/mol. The highest BCUT2D eigenvalue weighted by Gasteiger charge is 2.46. The molecule has 1 saturated heterocycles. The average molecular weight is 564 g/mol. The molecule has 0 aliphatic carbocycles. The third-order valence-electron chi connectivity index (χ3n) is 7.99. The van der Waals surface area contributed by atoms with Crippen LogP contribution in [-0.4, -0.2) is 68.9 Å². The summed E-state index contributed by atoms with van der Waals surface area (Å²) in [4.78, 5) is 15.9. The highest BCUT2D eigenvalue weighted by molar-refractivity contribution is 5.91. The van der Waals surface area contributed by atoms with Crippen LogP contribution < -0.4 is 10.6 Å². The van der Waals surface area contributed by atoms with Crippen LogP contribution in [0.5, 0.6) is 0 Å². The number of carbonyl (C=O) groups excluding carboxylic acids is 1. The molecule has 11 heteroatoms. The molecule has 2 aromatic carbocycles. The molecule has 0 unspecified atom stereocenters. The van der Waals surface area contributed by atoms with Gasteiger partial charge in [0.1, 0.15) is 11.5 Å². The number of para-hydroxylation sites is 1. The summed E-state index contributed by atoms with van der Waals surface area (Å²) in [5.41, 5.74) is 3.72. The Morgan fingerprint density at radius 3 is 2.49 bits per heavy atom. The molecule has 2 N–H and O–H groups in total. The van der Waals surface area contributed by atoms with E-state index in [0.717, 1.165) is 22.9 Å².